The van der Waals surface area contributed by atoms with Crippen LogP contribution in [0.15, 0.2) is 36.7 Å². The maximum atomic E-state index is 12.2. The number of rotatable bonds is 4. The van der Waals surface area contributed by atoms with Gasteiger partial charge in [-0.05, 0) is 23.5 Å². The molecule has 1 heterocycles. The van der Waals surface area contributed by atoms with Gasteiger partial charge in [0.05, 0.1) is 18.4 Å². The van der Waals surface area contributed by atoms with E-state index in [4.69, 9.17) is 5.11 Å². The summed E-state index contributed by atoms with van der Waals surface area (Å²) in [5.41, 5.74) is 2.16. The van der Waals surface area contributed by atoms with Gasteiger partial charge in [-0.3, -0.25) is 4.79 Å². The molecule has 2 aromatic rings. The first-order valence-electron chi connectivity index (χ1n) is 7.65. The Bertz CT molecular complexity index is 732. The van der Waals surface area contributed by atoms with Crippen LogP contribution >= 0.6 is 0 Å². The lowest BCUT2D eigenvalue weighted by Gasteiger charge is -2.20. The molecule has 0 radical (unpaired) electrons. The van der Waals surface area contributed by atoms with E-state index in [1.807, 2.05) is 19.1 Å². The molecule has 0 aliphatic carbocycles. The molecule has 24 heavy (non-hydrogen) atoms. The average Bonchev–Trinajstić information content (AvgIpc) is 2.54. The van der Waals surface area contributed by atoms with Crippen molar-refractivity contribution in [2.75, 3.05) is 0 Å². The van der Waals surface area contributed by atoms with Crippen molar-refractivity contribution in [1.29, 1.82) is 0 Å². The van der Waals surface area contributed by atoms with Crippen LogP contribution in [-0.4, -0.2) is 27.0 Å². The number of hydrogen-bond acceptors (Lipinski definition) is 4. The Morgan fingerprint density at radius 2 is 1.58 bits per heavy atom. The number of aromatic nitrogens is 2. The molecule has 0 fully saturated rings. The summed E-state index contributed by atoms with van der Waals surface area (Å²) in [5, 5.41) is 11.6. The van der Waals surface area contributed by atoms with E-state index in [9.17, 15) is 9.59 Å². The van der Waals surface area contributed by atoms with E-state index in [-0.39, 0.29) is 22.8 Å². The predicted octanol–water partition coefficient (Wildman–Crippen LogP) is 2.96. The Kier molecular flexibility index (Phi) is 4.97. The van der Waals surface area contributed by atoms with Gasteiger partial charge in [0, 0.05) is 0 Å². The first kappa shape index (κ1) is 17.6. The average molecular weight is 327 g/mol. The molecule has 6 heteroatoms. The van der Waals surface area contributed by atoms with Gasteiger partial charge in [-0.1, -0.05) is 45.0 Å². The molecule has 0 aliphatic rings. The highest BCUT2D eigenvalue weighted by molar-refractivity contribution is 5.93. The lowest BCUT2D eigenvalue weighted by molar-refractivity contribution is 0.0689. The number of nitrogens with one attached hydrogen (secondary N) is 1. The molecule has 126 valence electrons. The van der Waals surface area contributed by atoms with Crippen LogP contribution in [0.4, 0.5) is 0 Å². The van der Waals surface area contributed by atoms with E-state index >= 15 is 0 Å². The summed E-state index contributed by atoms with van der Waals surface area (Å²) in [6, 6.07) is 7.89. The zero-order chi connectivity index (χ0) is 17.9. The number of amides is 1. The van der Waals surface area contributed by atoms with Gasteiger partial charge in [0.15, 0.2) is 5.69 Å². The van der Waals surface area contributed by atoms with Crippen LogP contribution in [0.1, 0.15) is 65.8 Å². The fourth-order valence-electron chi connectivity index (χ4n) is 2.18. The van der Waals surface area contributed by atoms with Crippen molar-refractivity contribution in [2.45, 2.75) is 39.2 Å². The predicted molar refractivity (Wildman–Crippen MR) is 90.0 cm³/mol. The van der Waals surface area contributed by atoms with Gasteiger partial charge in [0.25, 0.3) is 5.91 Å². The summed E-state index contributed by atoms with van der Waals surface area (Å²) < 4.78 is 0. The molecule has 0 bridgehead atoms. The molecule has 6 nitrogen and oxygen atoms in total. The number of nitrogens with zero attached hydrogens (tertiary/aromatic N) is 2. The maximum absolute atomic E-state index is 12.2. The van der Waals surface area contributed by atoms with E-state index in [0.29, 0.717) is 0 Å². The quantitative estimate of drug-likeness (QED) is 0.900. The summed E-state index contributed by atoms with van der Waals surface area (Å²) in [6.45, 7) is 8.31. The highest BCUT2D eigenvalue weighted by Gasteiger charge is 2.16. The molecule has 1 amide bonds. The fourth-order valence-corrected chi connectivity index (χ4v) is 2.18. The van der Waals surface area contributed by atoms with Crippen molar-refractivity contribution in [3.05, 3.63) is 59.2 Å². The second-order valence-corrected chi connectivity index (χ2v) is 6.66. The second-order valence-electron chi connectivity index (χ2n) is 6.66. The van der Waals surface area contributed by atoms with E-state index in [1.54, 1.807) is 0 Å². The molecule has 2 N–H and O–H groups in total. The third kappa shape index (κ3) is 4.16. The first-order valence-corrected chi connectivity index (χ1v) is 7.65. The van der Waals surface area contributed by atoms with Crippen LogP contribution < -0.4 is 5.32 Å². The fraction of sp³-hybridized carbons (Fsp3) is 0.333. The zero-order valence-electron chi connectivity index (χ0n) is 14.2. The number of carboxylic acid groups (broad SMARTS) is 1. The third-order valence-electron chi connectivity index (χ3n) is 3.73. The number of carbonyl (C=O) groups is 2. The Morgan fingerprint density at radius 1 is 1.04 bits per heavy atom. The van der Waals surface area contributed by atoms with Gasteiger partial charge >= 0.3 is 5.97 Å². The van der Waals surface area contributed by atoms with Gasteiger partial charge < -0.3 is 10.4 Å². The van der Waals surface area contributed by atoms with Crippen molar-refractivity contribution < 1.29 is 14.7 Å². The van der Waals surface area contributed by atoms with Gasteiger partial charge in [-0.2, -0.15) is 0 Å². The van der Waals surface area contributed by atoms with Crippen LogP contribution in [-0.2, 0) is 5.41 Å². The lowest BCUT2D eigenvalue weighted by Crippen LogP contribution is -2.27. The number of carbonyl (C=O) groups excluding carboxylic acids is 1. The Hall–Kier alpha value is -2.76. The minimum Gasteiger partial charge on any atom is -0.476 e. The topological polar surface area (TPSA) is 92.2 Å². The highest BCUT2D eigenvalue weighted by atomic mass is 16.4. The zero-order valence-corrected chi connectivity index (χ0v) is 14.2. The monoisotopic (exact) mass is 327 g/mol. The molecule has 0 saturated carbocycles. The lowest BCUT2D eigenvalue weighted by atomic mass is 9.86. The van der Waals surface area contributed by atoms with Crippen molar-refractivity contribution in [2.24, 2.45) is 0 Å². The van der Waals surface area contributed by atoms with Crippen LogP contribution in [0.25, 0.3) is 0 Å². The molecular formula is C18H21N3O3. The number of hydrogen-bond donors (Lipinski definition) is 2. The highest BCUT2D eigenvalue weighted by Crippen LogP contribution is 2.23. The summed E-state index contributed by atoms with van der Waals surface area (Å²) in [7, 11) is 0. The van der Waals surface area contributed by atoms with Crippen molar-refractivity contribution in [3.63, 3.8) is 0 Å². The van der Waals surface area contributed by atoms with Gasteiger partial charge in [-0.25, -0.2) is 14.8 Å². The van der Waals surface area contributed by atoms with Gasteiger partial charge in [0.1, 0.15) is 5.69 Å². The molecule has 0 saturated heterocycles. The molecule has 2 rings (SSSR count). The normalized spacial score (nSPS) is 12.5. The van der Waals surface area contributed by atoms with Crippen molar-refractivity contribution in [1.82, 2.24) is 15.3 Å². The minimum atomic E-state index is -1.18. The number of aromatic carboxylic acids is 1. The Balaban J connectivity index is 2.07. The minimum absolute atomic E-state index is 0.0759. The summed E-state index contributed by atoms with van der Waals surface area (Å²) in [5.74, 6) is -1.58. The van der Waals surface area contributed by atoms with Gasteiger partial charge in [0.2, 0.25) is 0 Å². The molecular weight excluding hydrogens is 306 g/mol. The summed E-state index contributed by atoms with van der Waals surface area (Å²) >= 11 is 0. The standard InChI is InChI=1S/C18H21N3O3/c1-11(12-5-7-13(8-6-12)18(2,3)4)21-16(22)14-9-20-15(10-19-14)17(23)24/h5-11H,1-4H3,(H,21,22)(H,23,24). The second kappa shape index (κ2) is 6.78. The van der Waals surface area contributed by atoms with E-state index < -0.39 is 11.9 Å². The maximum Gasteiger partial charge on any atom is 0.356 e. The smallest absolute Gasteiger partial charge is 0.356 e. The van der Waals surface area contributed by atoms with Crippen LogP contribution in [0, 0.1) is 0 Å². The molecule has 1 unspecified atom stereocenters. The summed E-state index contributed by atoms with van der Waals surface area (Å²) in [6.07, 6.45) is 2.23. The number of benzene rings is 1. The van der Waals surface area contributed by atoms with Crippen LogP contribution in [0.3, 0.4) is 0 Å². The van der Waals surface area contributed by atoms with Crippen LogP contribution in [0.2, 0.25) is 0 Å². The Labute approximate surface area is 141 Å². The molecule has 0 aliphatic heterocycles. The van der Waals surface area contributed by atoms with Crippen LogP contribution in [0.5, 0.6) is 0 Å². The van der Waals surface area contributed by atoms with Crippen molar-refractivity contribution >= 4 is 11.9 Å². The first-order chi connectivity index (χ1) is 11.2. The third-order valence-corrected chi connectivity index (χ3v) is 3.73. The molecule has 1 aromatic heterocycles. The molecule has 1 atom stereocenters. The molecule has 0 spiro atoms. The van der Waals surface area contributed by atoms with Crippen molar-refractivity contribution in [3.8, 4) is 0 Å². The summed E-state index contributed by atoms with van der Waals surface area (Å²) in [4.78, 5) is 30.4. The Morgan fingerprint density at radius 3 is 2.04 bits per heavy atom. The largest absolute Gasteiger partial charge is 0.476 e. The van der Waals surface area contributed by atoms with E-state index in [0.717, 1.165) is 18.0 Å². The van der Waals surface area contributed by atoms with E-state index in [2.05, 4.69) is 48.2 Å². The molecule has 1 aromatic carbocycles. The van der Waals surface area contributed by atoms with E-state index in [1.165, 1.54) is 5.56 Å². The van der Waals surface area contributed by atoms with Gasteiger partial charge in [-0.15, -0.1) is 0 Å². The SMILES string of the molecule is CC(NC(=O)c1cnc(C(=O)O)cn1)c1ccc(C(C)(C)C)cc1. The number of carboxylic acids is 1.